The van der Waals surface area contributed by atoms with Crippen molar-refractivity contribution in [3.8, 4) is 11.1 Å². The minimum atomic E-state index is -2.32. The molecule has 1 aliphatic heterocycles. The maximum Gasteiger partial charge on any atom is 0.491 e. The van der Waals surface area contributed by atoms with Crippen molar-refractivity contribution in [2.45, 2.75) is 57.3 Å². The molecule has 6 N–H and O–H groups in total. The van der Waals surface area contributed by atoms with E-state index in [2.05, 4.69) is 20.7 Å². The molecule has 0 aliphatic carbocycles. The summed E-state index contributed by atoms with van der Waals surface area (Å²) in [6.45, 7) is 4.36. The van der Waals surface area contributed by atoms with Gasteiger partial charge >= 0.3 is 11.7 Å². The number of hydrazone groups is 1. The van der Waals surface area contributed by atoms with Gasteiger partial charge in [0, 0.05) is 49.0 Å². The van der Waals surface area contributed by atoms with Gasteiger partial charge in [-0.2, -0.15) is 5.10 Å². The standard InChI is InChI=1S/C31H40N6O8/c1-5-33-16-24(36-32)18-44-31(30(42)37(4)43)15-25(39)27(35-20(3)38)28(45-31)19(2)26(40)17-34-29(41)23-13-11-22(12-14-23)21-9-7-6-8-10-21/h6-14,16,19,25-28,39-40H,5,15,17-18H2,1-4H3,(H3-,32,33,34,35,38,41)/p+1. The molecule has 6 atom stereocenters. The van der Waals surface area contributed by atoms with Crippen LogP contribution < -0.4 is 16.5 Å². The summed E-state index contributed by atoms with van der Waals surface area (Å²) < 4.78 is 11.9. The van der Waals surface area contributed by atoms with E-state index in [0.717, 1.165) is 18.2 Å². The highest BCUT2D eigenvalue weighted by atomic mass is 16.7. The number of ether oxygens (including phenoxy) is 2. The molecule has 0 bridgehead atoms. The van der Waals surface area contributed by atoms with E-state index in [-0.39, 0.29) is 17.0 Å². The number of rotatable bonds is 13. The minimum absolute atomic E-state index is 0.00624. The third kappa shape index (κ3) is 9.08. The van der Waals surface area contributed by atoms with E-state index in [0.29, 0.717) is 12.1 Å². The van der Waals surface area contributed by atoms with Crippen LogP contribution >= 0.6 is 0 Å². The van der Waals surface area contributed by atoms with Crippen molar-refractivity contribution in [3.63, 3.8) is 0 Å². The summed E-state index contributed by atoms with van der Waals surface area (Å²) >= 11 is 0. The predicted molar refractivity (Wildman–Crippen MR) is 166 cm³/mol. The molecule has 1 aliphatic rings. The molecule has 6 unspecified atom stereocenters. The van der Waals surface area contributed by atoms with Gasteiger partial charge in [0.1, 0.15) is 5.71 Å². The number of aliphatic hydroxyl groups excluding tert-OH is 2. The number of nitrogens with two attached hydrogens (primary N) is 1. The number of aliphatic hydroxyl groups is 2. The third-order valence-electron chi connectivity index (χ3n) is 7.45. The molecule has 2 aromatic rings. The molecule has 0 radical (unpaired) electrons. The summed E-state index contributed by atoms with van der Waals surface area (Å²) in [5.41, 5.74) is 2.43. The van der Waals surface area contributed by atoms with E-state index in [1.807, 2.05) is 42.5 Å². The molecule has 3 rings (SSSR count). The Kier molecular flexibility index (Phi) is 12.6. The second-order valence-electron chi connectivity index (χ2n) is 10.8. The molecule has 0 aromatic heterocycles. The Bertz CT molecular complexity index is 1400. The average Bonchev–Trinajstić information content (AvgIpc) is 3.04. The monoisotopic (exact) mass is 625 g/mol. The van der Waals surface area contributed by atoms with E-state index in [1.165, 1.54) is 13.1 Å². The van der Waals surface area contributed by atoms with Crippen LogP contribution in [0, 0.1) is 10.8 Å². The number of benzene rings is 2. The average molecular weight is 626 g/mol. The van der Waals surface area contributed by atoms with Gasteiger partial charge in [0.25, 0.3) is 5.91 Å². The number of hydrogen-bond donors (Lipinski definition) is 5. The van der Waals surface area contributed by atoms with E-state index < -0.39 is 66.8 Å². The zero-order valence-corrected chi connectivity index (χ0v) is 25.8. The van der Waals surface area contributed by atoms with Crippen molar-refractivity contribution < 1.29 is 38.8 Å². The van der Waals surface area contributed by atoms with Crippen molar-refractivity contribution >= 4 is 29.6 Å². The normalized spacial score (nSPS) is 23.2. The number of amides is 3. The zero-order chi connectivity index (χ0) is 33.1. The van der Waals surface area contributed by atoms with Gasteiger partial charge in [-0.3, -0.25) is 14.6 Å². The third-order valence-corrected chi connectivity index (χ3v) is 7.45. The number of aliphatic imine (C=N–C) groups is 1. The fourth-order valence-corrected chi connectivity index (χ4v) is 4.99. The minimum Gasteiger partial charge on any atom is -0.391 e. The van der Waals surface area contributed by atoms with E-state index in [1.54, 1.807) is 26.0 Å². The van der Waals surface area contributed by atoms with Gasteiger partial charge < -0.3 is 36.2 Å². The maximum atomic E-state index is 13.2. The number of nitroso groups, excluding NO2 is 1. The summed E-state index contributed by atoms with van der Waals surface area (Å²) in [5, 5.41) is 31.1. The highest BCUT2D eigenvalue weighted by molar-refractivity contribution is 6.31. The molecule has 14 heteroatoms. The lowest BCUT2D eigenvalue weighted by molar-refractivity contribution is -0.470. The van der Waals surface area contributed by atoms with Gasteiger partial charge in [0.05, 0.1) is 35.7 Å². The fraction of sp³-hybridized carbons (Fsp3) is 0.452. The number of carbonyl (C=O) groups is 3. The first-order valence-electron chi connectivity index (χ1n) is 14.5. The molecular formula is C31H41N6O8+. The van der Waals surface area contributed by atoms with Crippen LogP contribution in [0.4, 0.5) is 0 Å². The first kappa shape index (κ1) is 35.1. The van der Waals surface area contributed by atoms with Crippen LogP contribution in [0.5, 0.6) is 0 Å². The maximum absolute atomic E-state index is 13.2. The molecule has 0 saturated carbocycles. The SMILES string of the molecule is CCN=CC(COC1(C(=O)[N+](C)=O)CC(O)C(NC(C)=O)C(C(C)C(O)CNC(=O)c2ccc(-c3ccccc3)cc2)O1)=NN. The fourth-order valence-electron chi connectivity index (χ4n) is 4.99. The smallest absolute Gasteiger partial charge is 0.391 e. The first-order valence-corrected chi connectivity index (χ1v) is 14.5. The molecule has 242 valence electrons. The summed E-state index contributed by atoms with van der Waals surface area (Å²) in [7, 11) is 0.953. The molecule has 45 heavy (non-hydrogen) atoms. The first-order chi connectivity index (χ1) is 21.4. The van der Waals surface area contributed by atoms with E-state index in [4.69, 9.17) is 15.3 Å². The number of nitrogens with zero attached hydrogens (tertiary/aromatic N) is 3. The van der Waals surface area contributed by atoms with Gasteiger partial charge in [-0.05, 0) is 30.2 Å². The van der Waals surface area contributed by atoms with Crippen LogP contribution in [-0.4, -0.2) is 102 Å². The highest BCUT2D eigenvalue weighted by Crippen LogP contribution is 2.36. The molecule has 2 aromatic carbocycles. The summed E-state index contributed by atoms with van der Waals surface area (Å²) in [6.07, 6.45) is -3.16. The lowest BCUT2D eigenvalue weighted by Gasteiger charge is -2.46. The van der Waals surface area contributed by atoms with Gasteiger partial charge in [-0.15, -0.1) is 0 Å². The number of carbonyl (C=O) groups excluding carboxylic acids is 3. The van der Waals surface area contributed by atoms with Crippen LogP contribution in [0.3, 0.4) is 0 Å². The zero-order valence-electron chi connectivity index (χ0n) is 25.8. The topological polar surface area (TPSA) is 205 Å². The van der Waals surface area contributed by atoms with Gasteiger partial charge in [-0.1, -0.05) is 49.4 Å². The van der Waals surface area contributed by atoms with Crippen molar-refractivity contribution in [2.24, 2.45) is 21.9 Å². The van der Waals surface area contributed by atoms with Crippen molar-refractivity contribution in [1.82, 2.24) is 10.6 Å². The summed E-state index contributed by atoms with van der Waals surface area (Å²) in [6, 6.07) is 15.5. The largest absolute Gasteiger partial charge is 0.491 e. The Morgan fingerprint density at radius 2 is 1.82 bits per heavy atom. The number of likely N-dealkylation sites (N-methyl/N-ethyl adjacent to an activating group) is 1. The lowest BCUT2D eigenvalue weighted by atomic mass is 9.84. The lowest BCUT2D eigenvalue weighted by Crippen LogP contribution is -2.67. The molecule has 14 nitrogen and oxygen atoms in total. The van der Waals surface area contributed by atoms with Crippen molar-refractivity contribution in [2.75, 3.05) is 26.7 Å². The Hall–Kier alpha value is -4.37. The van der Waals surface area contributed by atoms with Crippen LogP contribution in [0.1, 0.15) is 37.6 Å². The second-order valence-corrected chi connectivity index (χ2v) is 10.8. The van der Waals surface area contributed by atoms with Crippen LogP contribution in [0.25, 0.3) is 11.1 Å². The molecule has 1 saturated heterocycles. The highest BCUT2D eigenvalue weighted by Gasteiger charge is 2.59. The van der Waals surface area contributed by atoms with E-state index >= 15 is 0 Å². The number of nitrogens with one attached hydrogen (secondary N) is 2. The van der Waals surface area contributed by atoms with Crippen LogP contribution in [-0.2, 0) is 19.1 Å². The van der Waals surface area contributed by atoms with Crippen LogP contribution in [0.15, 0.2) is 64.7 Å². The molecular weight excluding hydrogens is 584 g/mol. The van der Waals surface area contributed by atoms with Gasteiger partial charge in [0.2, 0.25) is 5.91 Å². The summed E-state index contributed by atoms with van der Waals surface area (Å²) in [4.78, 5) is 54.3. The van der Waals surface area contributed by atoms with Crippen molar-refractivity contribution in [3.05, 3.63) is 65.1 Å². The molecule has 1 fully saturated rings. The predicted octanol–water partition coefficient (Wildman–Crippen LogP) is 0.789. The van der Waals surface area contributed by atoms with Crippen molar-refractivity contribution in [1.29, 1.82) is 0 Å². The molecule has 1 heterocycles. The van der Waals surface area contributed by atoms with Gasteiger partial charge in [0.15, 0.2) is 7.05 Å². The van der Waals surface area contributed by atoms with Crippen LogP contribution in [0.2, 0.25) is 0 Å². The Morgan fingerprint density at radius 1 is 1.18 bits per heavy atom. The Balaban J connectivity index is 1.80. The van der Waals surface area contributed by atoms with E-state index in [9.17, 15) is 29.5 Å². The Labute approximate surface area is 261 Å². The Morgan fingerprint density at radius 3 is 2.40 bits per heavy atom. The number of hydrogen-bond acceptors (Lipinski definition) is 11. The summed E-state index contributed by atoms with van der Waals surface area (Å²) in [5.74, 6) is 0.0883. The molecule has 0 spiro atoms. The van der Waals surface area contributed by atoms with Gasteiger partial charge in [-0.25, -0.2) is 4.79 Å². The quantitative estimate of drug-likeness (QED) is 0.0922. The second kappa shape index (κ2) is 16.1. The molecule has 3 amide bonds.